The lowest BCUT2D eigenvalue weighted by Crippen LogP contribution is -2.53. The molecule has 0 aliphatic carbocycles. The molecule has 0 spiro atoms. The number of amides is 2. The van der Waals surface area contributed by atoms with Crippen LogP contribution in [0.4, 0.5) is 5.69 Å². The second-order valence-corrected chi connectivity index (χ2v) is 14.1. The van der Waals surface area contributed by atoms with Crippen molar-refractivity contribution < 1.29 is 18.0 Å². The van der Waals surface area contributed by atoms with Gasteiger partial charge >= 0.3 is 0 Å². The Morgan fingerprint density at radius 1 is 0.818 bits per heavy atom. The van der Waals surface area contributed by atoms with Gasteiger partial charge in [-0.2, -0.15) is 0 Å². The van der Waals surface area contributed by atoms with E-state index in [-0.39, 0.29) is 23.8 Å². The summed E-state index contributed by atoms with van der Waals surface area (Å²) in [5.74, 6) is -0.799. The van der Waals surface area contributed by atoms with Crippen LogP contribution in [0.15, 0.2) is 117 Å². The summed E-state index contributed by atoms with van der Waals surface area (Å²) >= 11 is 6.91. The number of sulfonamides is 1. The number of hydrogen-bond donors (Lipinski definition) is 1. The molecule has 44 heavy (non-hydrogen) atoms. The van der Waals surface area contributed by atoms with E-state index < -0.39 is 28.5 Å². The summed E-state index contributed by atoms with van der Waals surface area (Å²) < 4.78 is 30.9. The highest BCUT2D eigenvalue weighted by Gasteiger charge is 2.34. The summed E-state index contributed by atoms with van der Waals surface area (Å²) in [6.07, 6.45) is 0.995. The molecular formula is C34H35Br2N3O4S. The van der Waals surface area contributed by atoms with E-state index in [1.54, 1.807) is 36.4 Å². The van der Waals surface area contributed by atoms with Crippen molar-refractivity contribution in [2.24, 2.45) is 0 Å². The quantitative estimate of drug-likeness (QED) is 0.162. The van der Waals surface area contributed by atoms with Gasteiger partial charge in [-0.1, -0.05) is 98.9 Å². The van der Waals surface area contributed by atoms with Crippen LogP contribution >= 0.6 is 31.9 Å². The number of carbonyl (C=O) groups is 2. The topological polar surface area (TPSA) is 86.8 Å². The Balaban J connectivity index is 1.79. The summed E-state index contributed by atoms with van der Waals surface area (Å²) in [4.78, 5) is 29.7. The second kappa shape index (κ2) is 15.5. The summed E-state index contributed by atoms with van der Waals surface area (Å²) in [5.41, 5.74) is 2.93. The first-order valence-corrected chi connectivity index (χ1v) is 17.3. The minimum atomic E-state index is -4.15. The van der Waals surface area contributed by atoms with Crippen LogP contribution in [0.25, 0.3) is 0 Å². The van der Waals surface area contributed by atoms with Crippen molar-refractivity contribution in [2.75, 3.05) is 17.4 Å². The first-order chi connectivity index (χ1) is 21.1. The Morgan fingerprint density at radius 2 is 1.48 bits per heavy atom. The molecule has 0 unspecified atom stereocenters. The molecule has 0 saturated carbocycles. The van der Waals surface area contributed by atoms with Crippen molar-refractivity contribution in [3.05, 3.63) is 129 Å². The van der Waals surface area contributed by atoms with E-state index in [0.717, 1.165) is 36.4 Å². The monoisotopic (exact) mass is 739 g/mol. The number of rotatable bonds is 13. The molecular weight excluding hydrogens is 706 g/mol. The second-order valence-electron chi connectivity index (χ2n) is 10.4. The average molecular weight is 742 g/mol. The Kier molecular flexibility index (Phi) is 11.8. The van der Waals surface area contributed by atoms with Gasteiger partial charge in [-0.3, -0.25) is 13.9 Å². The maximum atomic E-state index is 14.4. The summed E-state index contributed by atoms with van der Waals surface area (Å²) in [7, 11) is -4.15. The maximum absolute atomic E-state index is 14.4. The molecule has 4 aromatic carbocycles. The normalized spacial score (nSPS) is 11.9. The van der Waals surface area contributed by atoms with Gasteiger partial charge in [0.05, 0.1) is 10.6 Å². The molecule has 0 fully saturated rings. The summed E-state index contributed by atoms with van der Waals surface area (Å²) in [6, 6.07) is 29.4. The molecule has 0 aliphatic heterocycles. The molecule has 1 atom stereocenters. The van der Waals surface area contributed by atoms with E-state index in [0.29, 0.717) is 12.2 Å². The fourth-order valence-corrected chi connectivity index (χ4v) is 6.85. The predicted octanol–water partition coefficient (Wildman–Crippen LogP) is 6.88. The number of hydrogen-bond acceptors (Lipinski definition) is 4. The Hall–Kier alpha value is -3.47. The standard InChI is InChI=1S/C34H35Br2N3O4S/c1-3-20-37-34(41)32(22-26-8-5-4-6-9-26)38(23-27-10-7-11-29(36)21-27)33(40)24-39(30-16-14-28(35)15-17-30)44(42,43)31-18-12-25(2)13-19-31/h4-19,21,32H,3,20,22-24H2,1-2H3,(H,37,41)/t32-/m0/s1. The first kappa shape index (κ1) is 33.4. The molecule has 1 N–H and O–H groups in total. The van der Waals surface area contributed by atoms with Crippen LogP contribution in [-0.4, -0.2) is 44.3 Å². The number of carbonyl (C=O) groups excluding carboxylic acids is 2. The van der Waals surface area contributed by atoms with Crippen LogP contribution in [0.1, 0.15) is 30.0 Å². The van der Waals surface area contributed by atoms with Gasteiger partial charge < -0.3 is 10.2 Å². The lowest BCUT2D eigenvalue weighted by Gasteiger charge is -2.34. The van der Waals surface area contributed by atoms with Gasteiger partial charge in [0.2, 0.25) is 11.8 Å². The Morgan fingerprint density at radius 3 is 2.11 bits per heavy atom. The van der Waals surface area contributed by atoms with Gasteiger partial charge in [0.25, 0.3) is 10.0 Å². The van der Waals surface area contributed by atoms with Crippen molar-refractivity contribution in [1.29, 1.82) is 0 Å². The van der Waals surface area contributed by atoms with Crippen LogP contribution in [0, 0.1) is 6.92 Å². The van der Waals surface area contributed by atoms with Crippen molar-refractivity contribution in [3.63, 3.8) is 0 Å². The molecule has 4 aromatic rings. The van der Waals surface area contributed by atoms with Gasteiger partial charge in [0.15, 0.2) is 0 Å². The molecule has 230 valence electrons. The Labute approximate surface area is 276 Å². The van der Waals surface area contributed by atoms with E-state index in [1.807, 2.05) is 68.4 Å². The third-order valence-corrected chi connectivity index (χ3v) is 9.87. The Bertz CT molecular complexity index is 1670. The van der Waals surface area contributed by atoms with Gasteiger partial charge in [-0.25, -0.2) is 8.42 Å². The highest BCUT2D eigenvalue weighted by atomic mass is 79.9. The van der Waals surface area contributed by atoms with E-state index >= 15 is 0 Å². The van der Waals surface area contributed by atoms with Crippen molar-refractivity contribution in [1.82, 2.24) is 10.2 Å². The number of halogens is 2. The highest BCUT2D eigenvalue weighted by molar-refractivity contribution is 9.10. The lowest BCUT2D eigenvalue weighted by molar-refractivity contribution is -0.140. The number of nitrogens with one attached hydrogen (secondary N) is 1. The van der Waals surface area contributed by atoms with Crippen LogP contribution in [0.3, 0.4) is 0 Å². The number of benzene rings is 4. The molecule has 0 heterocycles. The van der Waals surface area contributed by atoms with Crippen molar-refractivity contribution in [3.8, 4) is 0 Å². The third-order valence-electron chi connectivity index (χ3n) is 7.06. The van der Waals surface area contributed by atoms with E-state index in [9.17, 15) is 18.0 Å². The largest absolute Gasteiger partial charge is 0.354 e. The van der Waals surface area contributed by atoms with Crippen LogP contribution in [-0.2, 0) is 32.6 Å². The van der Waals surface area contributed by atoms with Crippen LogP contribution < -0.4 is 9.62 Å². The van der Waals surface area contributed by atoms with Gasteiger partial charge in [-0.15, -0.1) is 0 Å². The molecule has 2 amide bonds. The zero-order valence-corrected chi connectivity index (χ0v) is 28.6. The van der Waals surface area contributed by atoms with Gasteiger partial charge in [0.1, 0.15) is 12.6 Å². The third kappa shape index (κ3) is 8.80. The molecule has 7 nitrogen and oxygen atoms in total. The summed E-state index contributed by atoms with van der Waals surface area (Å²) in [5, 5.41) is 2.96. The lowest BCUT2D eigenvalue weighted by atomic mass is 10.0. The zero-order valence-electron chi connectivity index (χ0n) is 24.6. The van der Waals surface area contributed by atoms with E-state index in [1.165, 1.54) is 17.0 Å². The minimum Gasteiger partial charge on any atom is -0.354 e. The average Bonchev–Trinajstić information content (AvgIpc) is 3.01. The number of anilines is 1. The maximum Gasteiger partial charge on any atom is 0.264 e. The van der Waals surface area contributed by atoms with E-state index in [2.05, 4.69) is 37.2 Å². The van der Waals surface area contributed by atoms with Crippen LogP contribution in [0.2, 0.25) is 0 Å². The fraction of sp³-hybridized carbons (Fsp3) is 0.235. The number of aryl methyl sites for hydroxylation is 1. The van der Waals surface area contributed by atoms with Gasteiger partial charge in [-0.05, 0) is 73.0 Å². The minimum absolute atomic E-state index is 0.0684. The molecule has 0 aliphatic rings. The summed E-state index contributed by atoms with van der Waals surface area (Å²) in [6.45, 7) is 3.90. The smallest absolute Gasteiger partial charge is 0.264 e. The fourth-order valence-electron chi connectivity index (χ4n) is 4.73. The molecule has 0 radical (unpaired) electrons. The number of nitrogens with zero attached hydrogens (tertiary/aromatic N) is 2. The molecule has 0 aromatic heterocycles. The first-order valence-electron chi connectivity index (χ1n) is 14.3. The molecule has 4 rings (SSSR count). The van der Waals surface area contributed by atoms with Crippen LogP contribution in [0.5, 0.6) is 0 Å². The zero-order chi connectivity index (χ0) is 31.7. The SMILES string of the molecule is CCCNC(=O)[C@H](Cc1ccccc1)N(Cc1cccc(Br)c1)C(=O)CN(c1ccc(Br)cc1)S(=O)(=O)c1ccc(C)cc1. The highest BCUT2D eigenvalue weighted by Crippen LogP contribution is 2.27. The molecule has 0 saturated heterocycles. The van der Waals surface area contributed by atoms with E-state index in [4.69, 9.17) is 0 Å². The molecule has 10 heteroatoms. The van der Waals surface area contributed by atoms with Crippen molar-refractivity contribution in [2.45, 2.75) is 44.2 Å². The molecule has 0 bridgehead atoms. The van der Waals surface area contributed by atoms with Gasteiger partial charge in [0, 0.05) is 28.5 Å². The van der Waals surface area contributed by atoms with Crippen molar-refractivity contribution >= 4 is 59.4 Å². The predicted molar refractivity (Wildman–Crippen MR) is 182 cm³/mol.